The molecule has 3 aromatic rings. The Hall–Kier alpha value is -2.51. The van der Waals surface area contributed by atoms with Crippen LogP contribution < -0.4 is 9.47 Å². The predicted molar refractivity (Wildman–Crippen MR) is 99.5 cm³/mol. The average molecular weight is 393 g/mol. The predicted octanol–water partition coefficient (Wildman–Crippen LogP) is 3.77. The Morgan fingerprint density at radius 2 is 1.73 bits per heavy atom. The van der Waals surface area contributed by atoms with Gasteiger partial charge in [0.15, 0.2) is 17.3 Å². The quantitative estimate of drug-likeness (QED) is 0.661. The van der Waals surface area contributed by atoms with E-state index in [1.54, 1.807) is 36.4 Å². The van der Waals surface area contributed by atoms with Crippen LogP contribution in [0.5, 0.6) is 11.5 Å². The first-order valence-corrected chi connectivity index (χ1v) is 9.48. The first-order valence-electron chi connectivity index (χ1n) is 7.66. The van der Waals surface area contributed by atoms with E-state index in [0.29, 0.717) is 17.1 Å². The van der Waals surface area contributed by atoms with Crippen LogP contribution in [0.25, 0.3) is 11.4 Å². The second-order valence-corrected chi connectivity index (χ2v) is 7.72. The van der Waals surface area contributed by atoms with Gasteiger partial charge in [0, 0.05) is 18.0 Å². The van der Waals surface area contributed by atoms with Crippen LogP contribution in [0.15, 0.2) is 53.7 Å². The fraction of sp³-hybridized carbons (Fsp3) is 0.167. The maximum absolute atomic E-state index is 13.0. The van der Waals surface area contributed by atoms with Crippen molar-refractivity contribution in [3.63, 3.8) is 0 Å². The van der Waals surface area contributed by atoms with E-state index < -0.39 is 10.0 Å². The van der Waals surface area contributed by atoms with Crippen molar-refractivity contribution >= 4 is 21.6 Å². The molecule has 2 aromatic carbocycles. The lowest BCUT2D eigenvalue weighted by molar-refractivity contribution is 0.355. The smallest absolute Gasteiger partial charge is 0.269 e. The minimum atomic E-state index is -3.82. The van der Waals surface area contributed by atoms with Gasteiger partial charge in [-0.05, 0) is 31.2 Å². The molecule has 0 atom stereocenters. The SMILES string of the molecule is COc1ccc(-c2nccn2S(=O)(=O)c2ccc(C)cc2)c(Cl)c1OC. The van der Waals surface area contributed by atoms with Crippen molar-refractivity contribution in [2.45, 2.75) is 11.8 Å². The zero-order valence-electron chi connectivity index (χ0n) is 14.4. The lowest BCUT2D eigenvalue weighted by Crippen LogP contribution is -2.13. The largest absolute Gasteiger partial charge is 0.493 e. The number of benzene rings is 2. The number of hydrogen-bond acceptors (Lipinski definition) is 5. The molecule has 1 heterocycles. The molecule has 0 amide bonds. The summed E-state index contributed by atoms with van der Waals surface area (Å²) >= 11 is 6.42. The summed E-state index contributed by atoms with van der Waals surface area (Å²) in [6.45, 7) is 1.89. The Morgan fingerprint density at radius 1 is 1.04 bits per heavy atom. The van der Waals surface area contributed by atoms with Gasteiger partial charge in [0.1, 0.15) is 0 Å². The standard InChI is InChI=1S/C18H17ClN2O4S/c1-12-4-6-13(7-5-12)26(22,23)21-11-10-20-18(21)14-8-9-15(24-2)17(25-3)16(14)19/h4-11H,1-3H3. The molecule has 0 saturated carbocycles. The zero-order chi connectivity index (χ0) is 18.9. The molecule has 0 radical (unpaired) electrons. The van der Waals surface area contributed by atoms with Gasteiger partial charge in [-0.25, -0.2) is 17.4 Å². The molecule has 0 bridgehead atoms. The molecule has 0 unspecified atom stereocenters. The van der Waals surface area contributed by atoms with Crippen molar-refractivity contribution in [3.8, 4) is 22.9 Å². The first kappa shape index (κ1) is 18.3. The van der Waals surface area contributed by atoms with Crippen molar-refractivity contribution in [1.29, 1.82) is 0 Å². The summed E-state index contributed by atoms with van der Waals surface area (Å²) in [5, 5.41) is 0.221. The Labute approximate surface area is 157 Å². The van der Waals surface area contributed by atoms with Gasteiger partial charge in [0.25, 0.3) is 10.0 Å². The number of halogens is 1. The molecule has 0 fully saturated rings. The topological polar surface area (TPSA) is 70.4 Å². The lowest BCUT2D eigenvalue weighted by atomic mass is 10.2. The molecule has 0 aliphatic rings. The third-order valence-corrected chi connectivity index (χ3v) is 5.97. The Bertz CT molecular complexity index is 1040. The Morgan fingerprint density at radius 3 is 2.35 bits per heavy atom. The van der Waals surface area contributed by atoms with Gasteiger partial charge in [-0.15, -0.1) is 0 Å². The van der Waals surface area contributed by atoms with E-state index in [0.717, 1.165) is 9.54 Å². The van der Waals surface area contributed by atoms with Crippen molar-refractivity contribution in [1.82, 2.24) is 8.96 Å². The van der Waals surface area contributed by atoms with Gasteiger partial charge in [0.2, 0.25) is 0 Å². The van der Waals surface area contributed by atoms with Gasteiger partial charge >= 0.3 is 0 Å². The van der Waals surface area contributed by atoms with Crippen LogP contribution in [0, 0.1) is 6.92 Å². The zero-order valence-corrected chi connectivity index (χ0v) is 16.0. The number of aromatic nitrogens is 2. The first-order chi connectivity index (χ1) is 12.4. The van der Waals surface area contributed by atoms with Gasteiger partial charge in [-0.1, -0.05) is 29.3 Å². The lowest BCUT2D eigenvalue weighted by Gasteiger charge is -2.14. The van der Waals surface area contributed by atoms with E-state index >= 15 is 0 Å². The summed E-state index contributed by atoms with van der Waals surface area (Å²) in [5.41, 5.74) is 1.39. The van der Waals surface area contributed by atoms with Crippen LogP contribution >= 0.6 is 11.6 Å². The fourth-order valence-electron chi connectivity index (χ4n) is 2.56. The summed E-state index contributed by atoms with van der Waals surface area (Å²) in [6, 6.07) is 9.90. The number of methoxy groups -OCH3 is 2. The van der Waals surface area contributed by atoms with E-state index in [1.807, 2.05) is 6.92 Å². The maximum atomic E-state index is 13.0. The second kappa shape index (κ2) is 7.01. The third kappa shape index (κ3) is 3.04. The van der Waals surface area contributed by atoms with Crippen LogP contribution in [-0.4, -0.2) is 31.6 Å². The highest BCUT2D eigenvalue weighted by Gasteiger charge is 2.24. The number of rotatable bonds is 5. The maximum Gasteiger partial charge on any atom is 0.269 e. The molecule has 0 saturated heterocycles. The van der Waals surface area contributed by atoms with Crippen LogP contribution in [-0.2, 0) is 10.0 Å². The number of aryl methyl sites for hydroxylation is 1. The van der Waals surface area contributed by atoms with E-state index in [-0.39, 0.29) is 15.7 Å². The number of ether oxygens (including phenoxy) is 2. The second-order valence-electron chi connectivity index (χ2n) is 5.53. The summed E-state index contributed by atoms with van der Waals surface area (Å²) in [5.74, 6) is 0.950. The average Bonchev–Trinajstić information content (AvgIpc) is 3.12. The molecule has 1 aromatic heterocycles. The normalized spacial score (nSPS) is 11.4. The Balaban J connectivity index is 2.17. The molecule has 0 spiro atoms. The molecule has 0 N–H and O–H groups in total. The van der Waals surface area contributed by atoms with Crippen molar-refractivity contribution < 1.29 is 17.9 Å². The highest BCUT2D eigenvalue weighted by molar-refractivity contribution is 7.90. The highest BCUT2D eigenvalue weighted by Crippen LogP contribution is 2.41. The van der Waals surface area contributed by atoms with Gasteiger partial charge in [-0.3, -0.25) is 0 Å². The summed E-state index contributed by atoms with van der Waals surface area (Å²) < 4.78 is 37.6. The Kier molecular flexibility index (Phi) is 4.93. The van der Waals surface area contributed by atoms with E-state index in [1.165, 1.54) is 26.6 Å². The van der Waals surface area contributed by atoms with Gasteiger partial charge in [-0.2, -0.15) is 0 Å². The van der Waals surface area contributed by atoms with Gasteiger partial charge < -0.3 is 9.47 Å². The van der Waals surface area contributed by atoms with Crippen molar-refractivity contribution in [2.75, 3.05) is 14.2 Å². The van der Waals surface area contributed by atoms with Crippen LogP contribution in [0.2, 0.25) is 5.02 Å². The molecule has 136 valence electrons. The summed E-state index contributed by atoms with van der Waals surface area (Å²) in [6.07, 6.45) is 2.80. The molecule has 26 heavy (non-hydrogen) atoms. The minimum Gasteiger partial charge on any atom is -0.493 e. The molecule has 6 nitrogen and oxygen atoms in total. The highest BCUT2D eigenvalue weighted by atomic mass is 35.5. The van der Waals surface area contributed by atoms with Crippen molar-refractivity contribution in [3.05, 3.63) is 59.4 Å². The molecular weight excluding hydrogens is 376 g/mol. The van der Waals surface area contributed by atoms with Crippen LogP contribution in [0.3, 0.4) is 0 Å². The summed E-state index contributed by atoms with van der Waals surface area (Å²) in [7, 11) is -0.862. The van der Waals surface area contributed by atoms with Crippen LogP contribution in [0.4, 0.5) is 0 Å². The van der Waals surface area contributed by atoms with E-state index in [2.05, 4.69) is 4.98 Å². The number of imidazole rings is 1. The van der Waals surface area contributed by atoms with E-state index in [9.17, 15) is 8.42 Å². The molecule has 8 heteroatoms. The van der Waals surface area contributed by atoms with Crippen LogP contribution in [0.1, 0.15) is 5.56 Å². The van der Waals surface area contributed by atoms with Crippen molar-refractivity contribution in [2.24, 2.45) is 0 Å². The monoisotopic (exact) mass is 392 g/mol. The minimum absolute atomic E-state index is 0.166. The molecule has 3 rings (SSSR count). The molecular formula is C18H17ClN2O4S. The molecule has 0 aliphatic heterocycles. The summed E-state index contributed by atoms with van der Waals surface area (Å²) in [4.78, 5) is 4.36. The molecule has 0 aliphatic carbocycles. The number of hydrogen-bond donors (Lipinski definition) is 0. The van der Waals surface area contributed by atoms with Gasteiger partial charge in [0.05, 0.1) is 24.1 Å². The van der Waals surface area contributed by atoms with E-state index in [4.69, 9.17) is 21.1 Å². The fourth-order valence-corrected chi connectivity index (χ4v) is 4.17. The third-order valence-electron chi connectivity index (χ3n) is 3.91. The number of nitrogens with zero attached hydrogens (tertiary/aromatic N) is 2.